The fourth-order valence-electron chi connectivity index (χ4n) is 0.801. The molecule has 57 valence electrons. The normalized spacial score (nSPS) is 9.55. The van der Waals surface area contributed by atoms with Crippen LogP contribution in [0.2, 0.25) is 0 Å². The van der Waals surface area contributed by atoms with Crippen molar-refractivity contribution >= 4 is 12.2 Å². The Morgan fingerprint density at radius 1 is 1.73 bits per heavy atom. The van der Waals surface area contributed by atoms with Crippen LogP contribution in [0.25, 0.3) is 0 Å². The lowest BCUT2D eigenvalue weighted by Crippen LogP contribution is -2.09. The molecule has 4 heteroatoms. The zero-order valence-corrected chi connectivity index (χ0v) is 6.00. The van der Waals surface area contributed by atoms with Gasteiger partial charge in [-0.2, -0.15) is 0 Å². The Balaban J connectivity index is 3.14. The van der Waals surface area contributed by atoms with Crippen LogP contribution in [0.4, 0.5) is 0 Å². The summed E-state index contributed by atoms with van der Waals surface area (Å²) in [5.74, 6) is -0.540. The van der Waals surface area contributed by atoms with E-state index in [-0.39, 0.29) is 0 Å². The number of carbonyl (C=O) groups is 1. The summed E-state index contributed by atoms with van der Waals surface area (Å²) < 4.78 is 1.49. The van der Waals surface area contributed by atoms with Gasteiger partial charge >= 0.3 is 0 Å². The second-order valence-electron chi connectivity index (χ2n) is 2.19. The first-order chi connectivity index (χ1) is 5.15. The summed E-state index contributed by atoms with van der Waals surface area (Å²) in [5, 5.41) is 0. The number of carbonyl (C=O) groups excluding carboxylic acids is 2. The quantitative estimate of drug-likeness (QED) is 0.624. The van der Waals surface area contributed by atoms with Gasteiger partial charge in [0.1, 0.15) is 0 Å². The van der Waals surface area contributed by atoms with Crippen LogP contribution in [0.1, 0.15) is 16.1 Å². The molecular weight excluding hydrogens is 144 g/mol. The molecule has 0 spiro atoms. The van der Waals surface area contributed by atoms with Gasteiger partial charge in [-0.1, -0.05) is 0 Å². The van der Waals surface area contributed by atoms with Crippen molar-refractivity contribution in [2.75, 3.05) is 0 Å². The van der Waals surface area contributed by atoms with Gasteiger partial charge in [0.05, 0.1) is 11.3 Å². The number of nitrogens with two attached hydrogens (primary N) is 1. The molecule has 2 N–H and O–H groups in total. The van der Waals surface area contributed by atoms with Gasteiger partial charge in [0, 0.05) is 13.2 Å². The standard InChI is InChI=1S/C7H7N2O2/c1-9-3-5(7(8)11)2-6(9)4-10/h2-3H,1H3,(H2,8,11). The molecule has 4 nitrogen and oxygen atoms in total. The van der Waals surface area contributed by atoms with Crippen LogP contribution in [-0.2, 0) is 11.8 Å². The highest BCUT2D eigenvalue weighted by molar-refractivity contribution is 5.94. The highest BCUT2D eigenvalue weighted by Gasteiger charge is 2.05. The SMILES string of the molecule is Cn1cc(C(N)=O)cc1[C]=O. The third kappa shape index (κ3) is 1.29. The third-order valence-electron chi connectivity index (χ3n) is 1.39. The molecule has 0 fully saturated rings. The number of rotatable bonds is 2. The molecule has 0 unspecified atom stereocenters. The molecule has 1 heterocycles. The first-order valence-corrected chi connectivity index (χ1v) is 2.99. The summed E-state index contributed by atoms with van der Waals surface area (Å²) in [6.45, 7) is 0. The average Bonchev–Trinajstić information content (AvgIpc) is 2.31. The maximum absolute atomic E-state index is 10.6. The molecule has 0 atom stereocenters. The molecule has 0 aliphatic rings. The monoisotopic (exact) mass is 151 g/mol. The topological polar surface area (TPSA) is 65.1 Å². The lowest BCUT2D eigenvalue weighted by molar-refractivity contribution is 0.100. The molecule has 1 aromatic heterocycles. The first-order valence-electron chi connectivity index (χ1n) is 2.99. The number of primary amides is 1. The molecule has 0 aliphatic carbocycles. The first kappa shape index (κ1) is 7.53. The van der Waals surface area contributed by atoms with E-state index < -0.39 is 5.91 Å². The van der Waals surface area contributed by atoms with Crippen LogP contribution >= 0.6 is 0 Å². The van der Waals surface area contributed by atoms with Gasteiger partial charge in [-0.25, -0.2) is 0 Å². The van der Waals surface area contributed by atoms with E-state index in [0.717, 1.165) is 0 Å². The largest absolute Gasteiger partial charge is 0.366 e. The van der Waals surface area contributed by atoms with Gasteiger partial charge in [0.15, 0.2) is 0 Å². The second kappa shape index (κ2) is 2.57. The molecule has 0 saturated heterocycles. The molecule has 0 bridgehead atoms. The summed E-state index contributed by atoms with van der Waals surface area (Å²) in [6.07, 6.45) is 3.16. The molecule has 1 radical (unpaired) electrons. The van der Waals surface area contributed by atoms with Crippen molar-refractivity contribution in [2.45, 2.75) is 0 Å². The minimum Gasteiger partial charge on any atom is -0.366 e. The molecule has 1 amide bonds. The summed E-state index contributed by atoms with van der Waals surface area (Å²) >= 11 is 0. The van der Waals surface area contributed by atoms with E-state index in [2.05, 4.69) is 0 Å². The lowest BCUT2D eigenvalue weighted by atomic mass is 10.3. The summed E-state index contributed by atoms with van der Waals surface area (Å²) in [4.78, 5) is 20.7. The van der Waals surface area contributed by atoms with E-state index in [4.69, 9.17) is 5.73 Å². The van der Waals surface area contributed by atoms with Gasteiger partial charge < -0.3 is 10.3 Å². The number of nitrogens with zero attached hydrogens (tertiary/aromatic N) is 1. The lowest BCUT2D eigenvalue weighted by Gasteiger charge is -1.88. The van der Waals surface area contributed by atoms with Gasteiger partial charge in [0.25, 0.3) is 6.29 Å². The predicted octanol–water partition coefficient (Wildman–Crippen LogP) is -0.418. The smallest absolute Gasteiger partial charge is 0.251 e. The predicted molar refractivity (Wildman–Crippen MR) is 38.7 cm³/mol. The molecule has 0 aromatic carbocycles. The van der Waals surface area contributed by atoms with Crippen molar-refractivity contribution in [1.82, 2.24) is 4.57 Å². The molecule has 0 aliphatic heterocycles. The molecule has 1 rings (SSSR count). The molecule has 11 heavy (non-hydrogen) atoms. The molecule has 0 saturated carbocycles. The molecular formula is C7H7N2O2. The van der Waals surface area contributed by atoms with Crippen molar-refractivity contribution in [3.63, 3.8) is 0 Å². The Hall–Kier alpha value is -1.58. The van der Waals surface area contributed by atoms with Crippen molar-refractivity contribution in [2.24, 2.45) is 12.8 Å². The van der Waals surface area contributed by atoms with E-state index in [1.165, 1.54) is 16.8 Å². The van der Waals surface area contributed by atoms with Gasteiger partial charge in [-0.15, -0.1) is 0 Å². The zero-order chi connectivity index (χ0) is 8.43. The van der Waals surface area contributed by atoms with E-state index in [0.29, 0.717) is 11.3 Å². The van der Waals surface area contributed by atoms with Crippen LogP contribution in [0, 0.1) is 0 Å². The van der Waals surface area contributed by atoms with Crippen LogP contribution in [0.15, 0.2) is 12.3 Å². The Labute approximate surface area is 63.6 Å². The van der Waals surface area contributed by atoms with Crippen molar-refractivity contribution in [3.05, 3.63) is 23.5 Å². The average molecular weight is 151 g/mol. The summed E-state index contributed by atoms with van der Waals surface area (Å²) in [5.41, 5.74) is 5.61. The van der Waals surface area contributed by atoms with E-state index >= 15 is 0 Å². The second-order valence-corrected chi connectivity index (χ2v) is 2.19. The summed E-state index contributed by atoms with van der Waals surface area (Å²) in [6, 6.07) is 1.40. The summed E-state index contributed by atoms with van der Waals surface area (Å²) in [7, 11) is 1.65. The Kier molecular flexibility index (Phi) is 1.76. The van der Waals surface area contributed by atoms with E-state index in [1.807, 2.05) is 0 Å². The van der Waals surface area contributed by atoms with Crippen molar-refractivity contribution < 1.29 is 9.59 Å². The Morgan fingerprint density at radius 2 is 2.36 bits per heavy atom. The van der Waals surface area contributed by atoms with Crippen LogP contribution in [0.3, 0.4) is 0 Å². The van der Waals surface area contributed by atoms with Crippen LogP contribution in [-0.4, -0.2) is 16.8 Å². The number of aromatic nitrogens is 1. The molecule has 1 aromatic rings. The number of amides is 1. The van der Waals surface area contributed by atoms with Crippen molar-refractivity contribution in [1.29, 1.82) is 0 Å². The Morgan fingerprint density at radius 3 is 2.64 bits per heavy atom. The fourth-order valence-corrected chi connectivity index (χ4v) is 0.801. The van der Waals surface area contributed by atoms with Gasteiger partial charge in [-0.3, -0.25) is 9.59 Å². The minimum absolute atomic E-state index is 0.318. The maximum Gasteiger partial charge on any atom is 0.251 e. The van der Waals surface area contributed by atoms with Crippen LogP contribution < -0.4 is 5.73 Å². The van der Waals surface area contributed by atoms with E-state index in [9.17, 15) is 9.59 Å². The fraction of sp³-hybridized carbons (Fsp3) is 0.143. The minimum atomic E-state index is -0.540. The maximum atomic E-state index is 10.6. The van der Waals surface area contributed by atoms with E-state index in [1.54, 1.807) is 13.3 Å². The number of hydrogen-bond donors (Lipinski definition) is 1. The Bertz CT molecular complexity index is 301. The third-order valence-corrected chi connectivity index (χ3v) is 1.39. The van der Waals surface area contributed by atoms with Crippen LogP contribution in [0.5, 0.6) is 0 Å². The van der Waals surface area contributed by atoms with Crippen molar-refractivity contribution in [3.8, 4) is 0 Å². The zero-order valence-electron chi connectivity index (χ0n) is 6.00. The highest BCUT2D eigenvalue weighted by atomic mass is 16.1. The number of hydrogen-bond acceptors (Lipinski definition) is 2. The number of aryl methyl sites for hydroxylation is 1. The van der Waals surface area contributed by atoms with Gasteiger partial charge in [0.2, 0.25) is 5.91 Å². The highest BCUT2D eigenvalue weighted by Crippen LogP contribution is 2.03. The van der Waals surface area contributed by atoms with Gasteiger partial charge in [-0.05, 0) is 6.07 Å².